The summed E-state index contributed by atoms with van der Waals surface area (Å²) < 4.78 is 0. The molecule has 3 fully saturated rings. The lowest BCUT2D eigenvalue weighted by molar-refractivity contribution is 0.0361. The number of benzene rings is 1. The van der Waals surface area contributed by atoms with Gasteiger partial charge in [0.25, 0.3) is 0 Å². The smallest absolute Gasteiger partial charge is 0.227 e. The SMILES string of the molecule is B[C@]1(C2CN(c3nc(C=C)c(C=C(C)C)c(N[C@H](C)c4ccc(C)cc4C)n3)C2)CCCN([C@H]2C[C@@H](C)C2)C1. The topological polar surface area (TPSA) is 44.3 Å². The highest BCUT2D eigenvalue weighted by molar-refractivity contribution is 6.16. The largest absolute Gasteiger partial charge is 0.363 e. The van der Waals surface area contributed by atoms with Crippen molar-refractivity contribution in [2.24, 2.45) is 11.8 Å². The van der Waals surface area contributed by atoms with E-state index < -0.39 is 0 Å². The molecule has 208 valence electrons. The van der Waals surface area contributed by atoms with E-state index in [0.717, 1.165) is 48.1 Å². The van der Waals surface area contributed by atoms with Crippen LogP contribution in [0.3, 0.4) is 0 Å². The third-order valence-electron chi connectivity index (χ3n) is 9.61. The predicted octanol–water partition coefficient (Wildman–Crippen LogP) is 6.46. The fraction of sp³-hybridized carbons (Fsp3) is 0.576. The Balaban J connectivity index is 1.36. The first-order chi connectivity index (χ1) is 18.6. The number of anilines is 2. The molecule has 5 rings (SSSR count). The minimum absolute atomic E-state index is 0.126. The molecule has 2 aromatic rings. The van der Waals surface area contributed by atoms with Crippen molar-refractivity contribution in [3.63, 3.8) is 0 Å². The number of nitrogens with one attached hydrogen (secondary N) is 1. The van der Waals surface area contributed by atoms with Crippen molar-refractivity contribution in [1.29, 1.82) is 0 Å². The number of aromatic nitrogens is 2. The van der Waals surface area contributed by atoms with Crippen LogP contribution in [0.15, 0.2) is 30.4 Å². The van der Waals surface area contributed by atoms with Gasteiger partial charge in [-0.2, -0.15) is 4.98 Å². The van der Waals surface area contributed by atoms with E-state index >= 15 is 0 Å². The standard InChI is InChI=1S/C33H48BN5/c1-8-30-29(14-21(2)3)31(35-25(7)28-11-10-22(4)15-24(28)6)37-32(36-30)39-18-26(19-39)33(34)12-9-13-38(20-33)27-16-23(5)17-27/h8,10-11,14-15,23,25-27H,1,9,12-13,16-20,34H2,2-7H3,(H,35,36,37)/t23-,25-,27+,33-/m1/s1. The molecular formula is C33H48BN5. The number of allylic oxidation sites excluding steroid dienone is 1. The molecule has 1 aromatic heterocycles. The Morgan fingerprint density at radius 3 is 2.59 bits per heavy atom. The molecule has 39 heavy (non-hydrogen) atoms. The van der Waals surface area contributed by atoms with E-state index in [4.69, 9.17) is 9.97 Å². The minimum atomic E-state index is 0.126. The molecular weight excluding hydrogens is 477 g/mol. The van der Waals surface area contributed by atoms with Crippen molar-refractivity contribution in [3.05, 3.63) is 58.3 Å². The zero-order valence-corrected chi connectivity index (χ0v) is 25.3. The number of hydrogen-bond donors (Lipinski definition) is 1. The molecule has 0 amide bonds. The molecule has 0 unspecified atom stereocenters. The van der Waals surface area contributed by atoms with Gasteiger partial charge in [0.05, 0.1) is 11.7 Å². The highest BCUT2D eigenvalue weighted by atomic mass is 15.3. The number of likely N-dealkylation sites (tertiary alicyclic amines) is 1. The van der Waals surface area contributed by atoms with Crippen molar-refractivity contribution in [1.82, 2.24) is 14.9 Å². The maximum atomic E-state index is 5.15. The monoisotopic (exact) mass is 525 g/mol. The summed E-state index contributed by atoms with van der Waals surface area (Å²) in [6.07, 6.45) is 9.50. The average Bonchev–Trinajstić information content (AvgIpc) is 2.81. The summed E-state index contributed by atoms with van der Waals surface area (Å²) in [6, 6.07) is 7.63. The van der Waals surface area contributed by atoms with E-state index in [1.54, 1.807) is 0 Å². The molecule has 1 aromatic carbocycles. The summed E-state index contributed by atoms with van der Waals surface area (Å²) >= 11 is 0. The molecule has 2 atom stereocenters. The van der Waals surface area contributed by atoms with Gasteiger partial charge < -0.3 is 15.1 Å². The molecule has 0 spiro atoms. The molecule has 2 aliphatic heterocycles. The first-order valence-corrected chi connectivity index (χ1v) is 15.1. The van der Waals surface area contributed by atoms with Gasteiger partial charge in [0.15, 0.2) is 0 Å². The van der Waals surface area contributed by atoms with Crippen molar-refractivity contribution in [2.45, 2.75) is 84.6 Å². The first kappa shape index (κ1) is 28.0. The lowest BCUT2D eigenvalue weighted by Crippen LogP contribution is -2.59. The molecule has 1 N–H and O–H groups in total. The number of piperidine rings is 1. The quantitative estimate of drug-likeness (QED) is 0.401. The molecule has 3 aliphatic rings. The lowest BCUT2D eigenvalue weighted by Gasteiger charge is -2.55. The van der Waals surface area contributed by atoms with E-state index in [1.807, 2.05) is 6.08 Å². The van der Waals surface area contributed by atoms with Crippen molar-refractivity contribution >= 4 is 31.8 Å². The van der Waals surface area contributed by atoms with Crippen LogP contribution in [0.1, 0.15) is 87.4 Å². The number of aryl methyl sites for hydroxylation is 2. The summed E-state index contributed by atoms with van der Waals surface area (Å²) in [4.78, 5) is 15.4. The lowest BCUT2D eigenvalue weighted by atomic mass is 9.54. The molecule has 2 saturated heterocycles. The van der Waals surface area contributed by atoms with Gasteiger partial charge in [0, 0.05) is 24.7 Å². The van der Waals surface area contributed by atoms with Crippen molar-refractivity contribution in [3.8, 4) is 0 Å². The highest BCUT2D eigenvalue weighted by Crippen LogP contribution is 2.48. The fourth-order valence-corrected chi connectivity index (χ4v) is 7.10. The molecule has 1 saturated carbocycles. The first-order valence-electron chi connectivity index (χ1n) is 15.1. The molecule has 3 heterocycles. The molecule has 1 aliphatic carbocycles. The Morgan fingerprint density at radius 1 is 1.21 bits per heavy atom. The zero-order valence-electron chi connectivity index (χ0n) is 25.3. The maximum Gasteiger partial charge on any atom is 0.227 e. The molecule has 0 bridgehead atoms. The van der Waals surface area contributed by atoms with Crippen LogP contribution in [-0.4, -0.2) is 54.9 Å². The Morgan fingerprint density at radius 2 is 1.95 bits per heavy atom. The average molecular weight is 526 g/mol. The van der Waals surface area contributed by atoms with E-state index in [2.05, 4.69) is 95.4 Å². The van der Waals surface area contributed by atoms with Crippen LogP contribution >= 0.6 is 0 Å². The van der Waals surface area contributed by atoms with Crippen LogP contribution in [0.4, 0.5) is 11.8 Å². The minimum Gasteiger partial charge on any atom is -0.363 e. The molecule has 0 radical (unpaired) electrons. The van der Waals surface area contributed by atoms with E-state index in [0.29, 0.717) is 11.2 Å². The second-order valence-electron chi connectivity index (χ2n) is 13.4. The van der Waals surface area contributed by atoms with Crippen LogP contribution in [0.25, 0.3) is 12.2 Å². The van der Waals surface area contributed by atoms with Gasteiger partial charge in [-0.1, -0.05) is 55.3 Å². The second kappa shape index (κ2) is 11.1. The predicted molar refractivity (Wildman–Crippen MR) is 169 cm³/mol. The van der Waals surface area contributed by atoms with Crippen molar-refractivity contribution in [2.75, 3.05) is 36.4 Å². The van der Waals surface area contributed by atoms with Gasteiger partial charge >= 0.3 is 0 Å². The van der Waals surface area contributed by atoms with Gasteiger partial charge in [-0.05, 0) is 101 Å². The van der Waals surface area contributed by atoms with Gasteiger partial charge in [-0.25, -0.2) is 4.98 Å². The molecule has 5 nitrogen and oxygen atoms in total. The van der Waals surface area contributed by atoms with Crippen LogP contribution in [0.2, 0.25) is 5.31 Å². The number of rotatable bonds is 8. The van der Waals surface area contributed by atoms with Gasteiger partial charge in [-0.15, -0.1) is 0 Å². The third-order valence-corrected chi connectivity index (χ3v) is 9.61. The van der Waals surface area contributed by atoms with Gasteiger partial charge in [-0.3, -0.25) is 0 Å². The van der Waals surface area contributed by atoms with Crippen LogP contribution in [-0.2, 0) is 0 Å². The van der Waals surface area contributed by atoms with E-state index in [1.165, 1.54) is 61.0 Å². The van der Waals surface area contributed by atoms with E-state index in [-0.39, 0.29) is 6.04 Å². The Bertz CT molecular complexity index is 1240. The summed E-state index contributed by atoms with van der Waals surface area (Å²) in [7, 11) is 2.54. The maximum absolute atomic E-state index is 5.15. The van der Waals surface area contributed by atoms with Crippen LogP contribution in [0, 0.1) is 25.7 Å². The highest BCUT2D eigenvalue weighted by Gasteiger charge is 2.46. The van der Waals surface area contributed by atoms with Gasteiger partial charge in [0.2, 0.25) is 5.95 Å². The Labute approximate surface area is 237 Å². The summed E-state index contributed by atoms with van der Waals surface area (Å²) in [6.45, 7) is 21.9. The van der Waals surface area contributed by atoms with Crippen LogP contribution in [0.5, 0.6) is 0 Å². The molecule has 6 heteroatoms. The fourth-order valence-electron chi connectivity index (χ4n) is 7.10. The Hall–Kier alpha value is -2.60. The third kappa shape index (κ3) is 5.82. The van der Waals surface area contributed by atoms with Crippen LogP contribution < -0.4 is 10.2 Å². The Kier molecular flexibility index (Phi) is 7.97. The van der Waals surface area contributed by atoms with E-state index in [9.17, 15) is 0 Å². The number of nitrogens with zero attached hydrogens (tertiary/aromatic N) is 4. The number of hydrogen-bond acceptors (Lipinski definition) is 5. The summed E-state index contributed by atoms with van der Waals surface area (Å²) in [5.74, 6) is 3.32. The summed E-state index contributed by atoms with van der Waals surface area (Å²) in [5, 5.41) is 4.13. The normalized spacial score (nSPS) is 26.4. The van der Waals surface area contributed by atoms with Crippen molar-refractivity contribution < 1.29 is 0 Å². The second-order valence-corrected chi connectivity index (χ2v) is 13.4. The van der Waals surface area contributed by atoms with Gasteiger partial charge in [0.1, 0.15) is 13.7 Å². The zero-order chi connectivity index (χ0) is 27.9. The summed E-state index contributed by atoms with van der Waals surface area (Å²) in [5.41, 5.74) is 7.02.